The first-order valence-electron chi connectivity index (χ1n) is 6.25. The van der Waals surface area contributed by atoms with E-state index < -0.39 is 8.32 Å². The van der Waals surface area contributed by atoms with Crippen LogP contribution in [0.25, 0.3) is 0 Å². The van der Waals surface area contributed by atoms with Gasteiger partial charge in [0.15, 0.2) is 0 Å². The van der Waals surface area contributed by atoms with E-state index in [0.29, 0.717) is 28.8 Å². The Kier molecular flexibility index (Phi) is 4.01. The van der Waals surface area contributed by atoms with Crippen molar-refractivity contribution in [3.8, 4) is 0 Å². The molecule has 0 spiro atoms. The molecule has 0 bridgehead atoms. The zero-order valence-electron chi connectivity index (χ0n) is 11.1. The molecule has 2 atom stereocenters. The Morgan fingerprint density at radius 3 is 1.53 bits per heavy atom. The Balaban J connectivity index is 2.81. The minimum atomic E-state index is -1.65. The molecule has 90 valence electrons. The summed E-state index contributed by atoms with van der Waals surface area (Å²) in [5.41, 5.74) is 7.89. The maximum absolute atomic E-state index is 6.46. The summed E-state index contributed by atoms with van der Waals surface area (Å²) < 4.78 is 6.46. The van der Waals surface area contributed by atoms with E-state index >= 15 is 0 Å². The average molecular weight is 229 g/mol. The van der Waals surface area contributed by atoms with Crippen LogP contribution in [0.4, 0.5) is 0 Å². The maximum atomic E-state index is 6.46. The van der Waals surface area contributed by atoms with Gasteiger partial charge in [-0.3, -0.25) is 0 Å². The van der Waals surface area contributed by atoms with Crippen molar-refractivity contribution in [3.63, 3.8) is 0 Å². The highest BCUT2D eigenvalue weighted by Crippen LogP contribution is 2.45. The van der Waals surface area contributed by atoms with Crippen molar-refractivity contribution in [1.82, 2.24) is 0 Å². The lowest BCUT2D eigenvalue weighted by atomic mass is 10.5. The molecule has 0 aromatic heterocycles. The van der Waals surface area contributed by atoms with Gasteiger partial charge in [0.05, 0.1) is 6.10 Å². The van der Waals surface area contributed by atoms with Crippen molar-refractivity contribution in [1.29, 1.82) is 0 Å². The van der Waals surface area contributed by atoms with E-state index in [0.717, 1.165) is 6.42 Å². The van der Waals surface area contributed by atoms with Crippen LogP contribution in [0.2, 0.25) is 16.6 Å². The van der Waals surface area contributed by atoms with Crippen LogP contribution < -0.4 is 5.73 Å². The third kappa shape index (κ3) is 2.45. The monoisotopic (exact) mass is 229 g/mol. The van der Waals surface area contributed by atoms with E-state index in [1.54, 1.807) is 0 Å². The van der Waals surface area contributed by atoms with Crippen molar-refractivity contribution < 1.29 is 4.43 Å². The van der Waals surface area contributed by atoms with E-state index in [1.165, 1.54) is 0 Å². The first-order chi connectivity index (χ1) is 6.82. The molecule has 15 heavy (non-hydrogen) atoms. The summed E-state index contributed by atoms with van der Waals surface area (Å²) in [5.74, 6) is 0. The zero-order chi connectivity index (χ0) is 11.8. The zero-order valence-corrected chi connectivity index (χ0v) is 12.1. The third-order valence-corrected chi connectivity index (χ3v) is 9.97. The molecule has 1 rings (SSSR count). The molecule has 0 aliphatic heterocycles. The topological polar surface area (TPSA) is 35.2 Å². The van der Waals surface area contributed by atoms with Gasteiger partial charge in [0.1, 0.15) is 0 Å². The summed E-state index contributed by atoms with van der Waals surface area (Å²) >= 11 is 0. The summed E-state index contributed by atoms with van der Waals surface area (Å²) in [4.78, 5) is 0. The van der Waals surface area contributed by atoms with Gasteiger partial charge in [-0.05, 0) is 23.0 Å². The van der Waals surface area contributed by atoms with E-state index in [9.17, 15) is 0 Å². The summed E-state index contributed by atoms with van der Waals surface area (Å²) in [6.07, 6.45) is 1.44. The minimum absolute atomic E-state index is 0.313. The minimum Gasteiger partial charge on any atom is -0.412 e. The van der Waals surface area contributed by atoms with Gasteiger partial charge >= 0.3 is 0 Å². The number of hydrogen-bond acceptors (Lipinski definition) is 2. The Morgan fingerprint density at radius 1 is 1.00 bits per heavy atom. The molecule has 2 nitrogen and oxygen atoms in total. The van der Waals surface area contributed by atoms with Gasteiger partial charge in [-0.15, -0.1) is 0 Å². The molecule has 0 unspecified atom stereocenters. The van der Waals surface area contributed by atoms with Crippen molar-refractivity contribution >= 4 is 8.32 Å². The molecule has 0 aromatic carbocycles. The first-order valence-corrected chi connectivity index (χ1v) is 8.39. The summed E-state index contributed by atoms with van der Waals surface area (Å²) in [6, 6.07) is 0.313. The molecular weight excluding hydrogens is 202 g/mol. The van der Waals surface area contributed by atoms with Gasteiger partial charge in [-0.2, -0.15) is 0 Å². The summed E-state index contributed by atoms with van der Waals surface area (Å²) in [6.45, 7) is 13.9. The summed E-state index contributed by atoms with van der Waals surface area (Å²) in [5, 5.41) is 0. The molecule has 0 radical (unpaired) electrons. The van der Waals surface area contributed by atoms with Crippen molar-refractivity contribution in [3.05, 3.63) is 0 Å². The number of hydrogen-bond donors (Lipinski definition) is 1. The molecule has 1 aliphatic rings. The smallest absolute Gasteiger partial charge is 0.200 e. The maximum Gasteiger partial charge on any atom is 0.200 e. The Hall–Kier alpha value is 0.137. The number of nitrogens with two attached hydrogens (primary N) is 1. The lowest BCUT2D eigenvalue weighted by molar-refractivity contribution is 0.257. The van der Waals surface area contributed by atoms with Crippen LogP contribution in [-0.4, -0.2) is 20.5 Å². The van der Waals surface area contributed by atoms with Gasteiger partial charge in [0.25, 0.3) is 0 Å². The van der Waals surface area contributed by atoms with Crippen molar-refractivity contribution in [2.24, 2.45) is 5.73 Å². The molecule has 2 N–H and O–H groups in total. The molecule has 0 heterocycles. The predicted octanol–water partition coefficient (Wildman–Crippen LogP) is 3.28. The normalized spacial score (nSPS) is 26.8. The number of rotatable bonds is 5. The van der Waals surface area contributed by atoms with E-state index in [-0.39, 0.29) is 0 Å². The van der Waals surface area contributed by atoms with E-state index in [4.69, 9.17) is 10.2 Å². The fourth-order valence-electron chi connectivity index (χ4n) is 3.00. The Morgan fingerprint density at radius 2 is 1.33 bits per heavy atom. The molecular formula is C12H27NOSi. The fraction of sp³-hybridized carbons (Fsp3) is 1.00. The lowest BCUT2D eigenvalue weighted by Crippen LogP contribution is -2.48. The molecule has 1 saturated carbocycles. The quantitative estimate of drug-likeness (QED) is 0.734. The molecule has 1 fully saturated rings. The standard InChI is InChI=1S/C12H27NOSi/c1-8(2)15(9(3)4,10(5)6)14-12-7-11(12)13/h8-12H,7,13H2,1-6H3/t11-,12+/m1/s1. The lowest BCUT2D eigenvalue weighted by Gasteiger charge is -2.42. The van der Waals surface area contributed by atoms with Crippen LogP contribution in [0.5, 0.6) is 0 Å². The highest BCUT2D eigenvalue weighted by Gasteiger charge is 2.50. The fourth-order valence-corrected chi connectivity index (χ4v) is 8.61. The molecule has 3 heteroatoms. The van der Waals surface area contributed by atoms with Crippen LogP contribution in [0.15, 0.2) is 0 Å². The van der Waals surface area contributed by atoms with Crippen LogP contribution in [-0.2, 0) is 4.43 Å². The van der Waals surface area contributed by atoms with Crippen LogP contribution in [0.1, 0.15) is 48.0 Å². The SMILES string of the molecule is CC(C)[Si](O[C@H]1C[C@H]1N)(C(C)C)C(C)C. The highest BCUT2D eigenvalue weighted by molar-refractivity contribution is 6.77. The van der Waals surface area contributed by atoms with Gasteiger partial charge in [-0.1, -0.05) is 41.5 Å². The van der Waals surface area contributed by atoms with Gasteiger partial charge in [0, 0.05) is 6.04 Å². The molecule has 0 aromatic rings. The second kappa shape index (κ2) is 4.56. The van der Waals surface area contributed by atoms with Crippen LogP contribution in [0.3, 0.4) is 0 Å². The summed E-state index contributed by atoms with van der Waals surface area (Å²) in [7, 11) is -1.65. The van der Waals surface area contributed by atoms with Crippen LogP contribution in [0, 0.1) is 0 Å². The van der Waals surface area contributed by atoms with E-state index in [2.05, 4.69) is 41.5 Å². The second-order valence-corrected chi connectivity index (χ2v) is 11.3. The van der Waals surface area contributed by atoms with Crippen molar-refractivity contribution in [2.45, 2.75) is 76.7 Å². The van der Waals surface area contributed by atoms with Crippen molar-refractivity contribution in [2.75, 3.05) is 0 Å². The highest BCUT2D eigenvalue weighted by atomic mass is 28.4. The Labute approximate surface area is 95.7 Å². The second-order valence-electron chi connectivity index (χ2n) is 5.87. The van der Waals surface area contributed by atoms with E-state index in [1.807, 2.05) is 0 Å². The third-order valence-electron chi connectivity index (χ3n) is 3.84. The first kappa shape index (κ1) is 13.2. The van der Waals surface area contributed by atoms with Crippen LogP contribution >= 0.6 is 0 Å². The Bertz CT molecular complexity index is 194. The average Bonchev–Trinajstić information content (AvgIpc) is 2.75. The molecule has 0 amide bonds. The van der Waals surface area contributed by atoms with Gasteiger partial charge < -0.3 is 10.2 Å². The molecule has 1 aliphatic carbocycles. The van der Waals surface area contributed by atoms with Gasteiger partial charge in [-0.25, -0.2) is 0 Å². The predicted molar refractivity (Wildman–Crippen MR) is 68.5 cm³/mol. The largest absolute Gasteiger partial charge is 0.412 e. The van der Waals surface area contributed by atoms with Gasteiger partial charge in [0.2, 0.25) is 8.32 Å². The molecule has 0 saturated heterocycles.